The summed E-state index contributed by atoms with van der Waals surface area (Å²) in [6.07, 6.45) is 2.90. The Labute approximate surface area is 98.3 Å². The van der Waals surface area contributed by atoms with E-state index in [-0.39, 0.29) is 6.04 Å². The van der Waals surface area contributed by atoms with Crippen LogP contribution < -0.4 is 5.32 Å². The van der Waals surface area contributed by atoms with Crippen LogP contribution in [0.2, 0.25) is 0 Å². The Hall–Kier alpha value is -1.12. The number of benzene rings is 1. The minimum absolute atomic E-state index is 0.251. The van der Waals surface area contributed by atoms with E-state index in [9.17, 15) is 0 Å². The van der Waals surface area contributed by atoms with Crippen LogP contribution in [0.15, 0.2) is 43.0 Å². The van der Waals surface area contributed by atoms with Gasteiger partial charge in [-0.15, -0.1) is 6.58 Å². The van der Waals surface area contributed by atoms with Gasteiger partial charge in [-0.2, -0.15) is 0 Å². The largest absolute Gasteiger partial charge is 0.383 e. The van der Waals surface area contributed by atoms with Crippen LogP contribution in [0.3, 0.4) is 0 Å². The molecule has 2 nitrogen and oxygen atoms in total. The van der Waals surface area contributed by atoms with Gasteiger partial charge in [-0.3, -0.25) is 0 Å². The number of ether oxygens (including phenoxy) is 1. The fraction of sp³-hybridized carbons (Fsp3) is 0.429. The Bertz CT molecular complexity index is 297. The van der Waals surface area contributed by atoms with Gasteiger partial charge in [-0.1, -0.05) is 36.4 Å². The summed E-state index contributed by atoms with van der Waals surface area (Å²) in [5.41, 5.74) is 1.26. The maximum absolute atomic E-state index is 5.25. The quantitative estimate of drug-likeness (QED) is 0.712. The molecule has 0 spiro atoms. The van der Waals surface area contributed by atoms with Gasteiger partial charge in [0, 0.05) is 13.2 Å². The van der Waals surface area contributed by atoms with E-state index < -0.39 is 0 Å². The average Bonchev–Trinajstić information content (AvgIpc) is 2.30. The molecule has 2 atom stereocenters. The summed E-state index contributed by atoms with van der Waals surface area (Å²) in [5.74, 6) is 0. The van der Waals surface area contributed by atoms with Crippen LogP contribution in [-0.4, -0.2) is 19.8 Å². The molecular weight excluding hydrogens is 198 g/mol. The molecule has 0 bridgehead atoms. The van der Waals surface area contributed by atoms with Crippen LogP contribution in [0.5, 0.6) is 0 Å². The molecule has 0 radical (unpaired) electrons. The number of hydrogen-bond acceptors (Lipinski definition) is 2. The van der Waals surface area contributed by atoms with Gasteiger partial charge in [0.15, 0.2) is 0 Å². The fourth-order valence-electron chi connectivity index (χ4n) is 1.75. The lowest BCUT2D eigenvalue weighted by atomic mass is 10.1. The minimum Gasteiger partial charge on any atom is -0.383 e. The van der Waals surface area contributed by atoms with Gasteiger partial charge in [0.25, 0.3) is 0 Å². The van der Waals surface area contributed by atoms with Crippen LogP contribution in [0, 0.1) is 0 Å². The van der Waals surface area contributed by atoms with Crippen LogP contribution in [0.4, 0.5) is 0 Å². The summed E-state index contributed by atoms with van der Waals surface area (Å²) in [5, 5.41) is 3.54. The summed E-state index contributed by atoms with van der Waals surface area (Å²) in [6, 6.07) is 11.0. The van der Waals surface area contributed by atoms with Crippen molar-refractivity contribution in [2.75, 3.05) is 13.7 Å². The van der Waals surface area contributed by atoms with Crippen molar-refractivity contribution in [2.45, 2.75) is 25.4 Å². The van der Waals surface area contributed by atoms with Crippen LogP contribution in [0.25, 0.3) is 0 Å². The van der Waals surface area contributed by atoms with Gasteiger partial charge >= 0.3 is 0 Å². The number of rotatable bonds is 7. The summed E-state index contributed by atoms with van der Waals surface area (Å²) in [6.45, 7) is 6.60. The third-order valence-corrected chi connectivity index (χ3v) is 2.54. The summed E-state index contributed by atoms with van der Waals surface area (Å²) in [4.78, 5) is 0. The predicted octanol–water partition coefficient (Wildman–Crippen LogP) is 2.93. The van der Waals surface area contributed by atoms with Crippen molar-refractivity contribution < 1.29 is 4.74 Å². The summed E-state index contributed by atoms with van der Waals surface area (Å²) >= 11 is 0. The van der Waals surface area contributed by atoms with E-state index in [0.29, 0.717) is 12.6 Å². The van der Waals surface area contributed by atoms with E-state index in [0.717, 1.165) is 6.42 Å². The molecule has 1 N–H and O–H groups in total. The van der Waals surface area contributed by atoms with Crippen LogP contribution in [0.1, 0.15) is 24.9 Å². The lowest BCUT2D eigenvalue weighted by Gasteiger charge is -2.22. The first-order chi connectivity index (χ1) is 7.77. The predicted molar refractivity (Wildman–Crippen MR) is 68.5 cm³/mol. The van der Waals surface area contributed by atoms with E-state index in [4.69, 9.17) is 4.74 Å². The standard InChI is InChI=1S/C14H21NO/c1-4-8-12(2)15-14(11-16-3)13-9-6-5-7-10-13/h4-7,9-10,12,14-15H,1,8,11H2,2-3H3. The number of hydrogen-bond donors (Lipinski definition) is 1. The Morgan fingerprint density at radius 3 is 2.62 bits per heavy atom. The van der Waals surface area contributed by atoms with Crippen molar-refractivity contribution >= 4 is 0 Å². The van der Waals surface area contributed by atoms with Crippen LogP contribution in [-0.2, 0) is 4.74 Å². The molecule has 0 saturated heterocycles. The highest BCUT2D eigenvalue weighted by molar-refractivity contribution is 5.19. The van der Waals surface area contributed by atoms with E-state index >= 15 is 0 Å². The molecule has 0 aromatic heterocycles. The van der Waals surface area contributed by atoms with Gasteiger partial charge in [0.2, 0.25) is 0 Å². The van der Waals surface area contributed by atoms with Gasteiger partial charge in [-0.25, -0.2) is 0 Å². The third kappa shape index (κ3) is 4.17. The van der Waals surface area contributed by atoms with Crippen molar-refractivity contribution in [3.8, 4) is 0 Å². The Kier molecular flexibility index (Phi) is 5.83. The summed E-state index contributed by atoms with van der Waals surface area (Å²) < 4.78 is 5.25. The maximum atomic E-state index is 5.25. The van der Waals surface area contributed by atoms with Crippen molar-refractivity contribution in [3.05, 3.63) is 48.6 Å². The molecule has 0 amide bonds. The topological polar surface area (TPSA) is 21.3 Å². The monoisotopic (exact) mass is 219 g/mol. The van der Waals surface area contributed by atoms with Gasteiger partial charge in [-0.05, 0) is 18.9 Å². The SMILES string of the molecule is C=CCC(C)NC(COC)c1ccccc1. The molecule has 1 aromatic rings. The summed E-state index contributed by atoms with van der Waals surface area (Å²) in [7, 11) is 1.73. The molecule has 88 valence electrons. The van der Waals surface area contributed by atoms with Crippen molar-refractivity contribution in [1.29, 1.82) is 0 Å². The molecule has 0 aliphatic heterocycles. The Morgan fingerprint density at radius 2 is 2.06 bits per heavy atom. The Balaban J connectivity index is 2.64. The second kappa shape index (κ2) is 7.20. The van der Waals surface area contributed by atoms with E-state index in [2.05, 4.69) is 43.1 Å². The first kappa shape index (κ1) is 12.9. The fourth-order valence-corrected chi connectivity index (χ4v) is 1.75. The number of methoxy groups -OCH3 is 1. The normalized spacial score (nSPS) is 14.4. The molecule has 0 aliphatic carbocycles. The Morgan fingerprint density at radius 1 is 1.38 bits per heavy atom. The second-order valence-corrected chi connectivity index (χ2v) is 4.01. The maximum Gasteiger partial charge on any atom is 0.0657 e. The lowest BCUT2D eigenvalue weighted by molar-refractivity contribution is 0.162. The van der Waals surface area contributed by atoms with Crippen molar-refractivity contribution in [3.63, 3.8) is 0 Å². The zero-order valence-electron chi connectivity index (χ0n) is 10.1. The molecular formula is C14H21NO. The molecule has 0 fully saturated rings. The molecule has 0 heterocycles. The zero-order chi connectivity index (χ0) is 11.8. The van der Waals surface area contributed by atoms with E-state index in [1.54, 1.807) is 7.11 Å². The molecule has 2 heteroatoms. The van der Waals surface area contributed by atoms with E-state index in [1.165, 1.54) is 5.56 Å². The smallest absolute Gasteiger partial charge is 0.0657 e. The first-order valence-electron chi connectivity index (χ1n) is 5.68. The third-order valence-electron chi connectivity index (χ3n) is 2.54. The molecule has 0 aliphatic rings. The minimum atomic E-state index is 0.251. The van der Waals surface area contributed by atoms with Crippen LogP contribution >= 0.6 is 0 Å². The van der Waals surface area contributed by atoms with Gasteiger partial charge in [0.1, 0.15) is 0 Å². The first-order valence-corrected chi connectivity index (χ1v) is 5.68. The lowest BCUT2D eigenvalue weighted by Crippen LogP contribution is -2.32. The highest BCUT2D eigenvalue weighted by atomic mass is 16.5. The average molecular weight is 219 g/mol. The number of nitrogens with one attached hydrogen (secondary N) is 1. The van der Waals surface area contributed by atoms with Crippen molar-refractivity contribution in [2.24, 2.45) is 0 Å². The van der Waals surface area contributed by atoms with Crippen molar-refractivity contribution in [1.82, 2.24) is 5.32 Å². The van der Waals surface area contributed by atoms with Gasteiger partial charge < -0.3 is 10.1 Å². The molecule has 0 saturated carbocycles. The molecule has 2 unspecified atom stereocenters. The molecule has 1 rings (SSSR count). The van der Waals surface area contributed by atoms with Gasteiger partial charge in [0.05, 0.1) is 12.6 Å². The highest BCUT2D eigenvalue weighted by Crippen LogP contribution is 2.14. The molecule has 16 heavy (non-hydrogen) atoms. The highest BCUT2D eigenvalue weighted by Gasteiger charge is 2.12. The second-order valence-electron chi connectivity index (χ2n) is 4.01. The molecule has 1 aromatic carbocycles. The van der Waals surface area contributed by atoms with E-state index in [1.807, 2.05) is 12.1 Å². The zero-order valence-corrected chi connectivity index (χ0v) is 10.1.